The van der Waals surface area contributed by atoms with Crippen molar-refractivity contribution in [1.82, 2.24) is 13.9 Å². The van der Waals surface area contributed by atoms with Crippen molar-refractivity contribution in [3.63, 3.8) is 0 Å². The summed E-state index contributed by atoms with van der Waals surface area (Å²) in [4.78, 5) is 17.9. The highest BCUT2D eigenvalue weighted by Gasteiger charge is 2.21. The van der Waals surface area contributed by atoms with Crippen molar-refractivity contribution in [2.24, 2.45) is 7.05 Å². The van der Waals surface area contributed by atoms with Gasteiger partial charge in [0.2, 0.25) is 10.0 Å². The number of sulfonamides is 1. The summed E-state index contributed by atoms with van der Waals surface area (Å²) >= 11 is 7.58. The molecule has 1 N–H and O–H groups in total. The average molecular weight is 451 g/mol. The van der Waals surface area contributed by atoms with Crippen molar-refractivity contribution in [3.05, 3.63) is 65.4 Å². The Balaban J connectivity index is 1.91. The van der Waals surface area contributed by atoms with E-state index in [2.05, 4.69) is 10.3 Å². The minimum atomic E-state index is -3.69. The zero-order valence-corrected chi connectivity index (χ0v) is 18.3. The molecule has 0 spiro atoms. The second-order valence-electron chi connectivity index (χ2n) is 6.30. The Labute approximate surface area is 178 Å². The zero-order chi connectivity index (χ0) is 21.2. The SMILES string of the molecule is CN(C)S(=O)(=O)c1ccc(Cl)c(C(=O)Nc2ccccc2Sc2nccn2C)c1. The van der Waals surface area contributed by atoms with E-state index in [9.17, 15) is 13.2 Å². The number of nitrogens with one attached hydrogen (secondary N) is 1. The number of amides is 1. The fourth-order valence-electron chi connectivity index (χ4n) is 2.45. The van der Waals surface area contributed by atoms with Gasteiger partial charge in [0, 0.05) is 38.4 Å². The summed E-state index contributed by atoms with van der Waals surface area (Å²) in [7, 11) is 1.04. The molecule has 0 unspecified atom stereocenters. The number of para-hydroxylation sites is 1. The molecule has 1 amide bonds. The van der Waals surface area contributed by atoms with E-state index in [0.29, 0.717) is 5.69 Å². The number of halogens is 1. The van der Waals surface area contributed by atoms with Gasteiger partial charge in [-0.1, -0.05) is 23.7 Å². The number of hydrogen-bond acceptors (Lipinski definition) is 5. The maximum Gasteiger partial charge on any atom is 0.257 e. The largest absolute Gasteiger partial charge is 0.329 e. The first-order chi connectivity index (χ1) is 13.7. The minimum absolute atomic E-state index is 0.00674. The van der Waals surface area contributed by atoms with Gasteiger partial charge in [-0.2, -0.15) is 0 Å². The first kappa shape index (κ1) is 21.4. The Morgan fingerprint density at radius 2 is 1.93 bits per heavy atom. The van der Waals surface area contributed by atoms with E-state index in [4.69, 9.17) is 11.6 Å². The molecule has 0 aliphatic heterocycles. The third-order valence-corrected chi connectivity index (χ3v) is 7.37. The van der Waals surface area contributed by atoms with Crippen LogP contribution < -0.4 is 5.32 Å². The summed E-state index contributed by atoms with van der Waals surface area (Å²) in [5.41, 5.74) is 0.647. The van der Waals surface area contributed by atoms with Gasteiger partial charge in [0.15, 0.2) is 5.16 Å². The van der Waals surface area contributed by atoms with Crippen molar-refractivity contribution in [1.29, 1.82) is 0 Å². The molecular weight excluding hydrogens is 432 g/mol. The molecule has 0 saturated heterocycles. The van der Waals surface area contributed by atoms with Gasteiger partial charge < -0.3 is 9.88 Å². The van der Waals surface area contributed by atoms with Crippen LogP contribution in [-0.4, -0.2) is 42.3 Å². The highest BCUT2D eigenvalue weighted by Crippen LogP contribution is 2.33. The molecule has 7 nitrogen and oxygen atoms in total. The molecule has 1 heterocycles. The summed E-state index contributed by atoms with van der Waals surface area (Å²) in [6, 6.07) is 11.3. The van der Waals surface area contributed by atoms with Gasteiger partial charge in [0.1, 0.15) is 0 Å². The number of carbonyl (C=O) groups excluding carboxylic acids is 1. The average Bonchev–Trinajstić information content (AvgIpc) is 3.08. The monoisotopic (exact) mass is 450 g/mol. The zero-order valence-electron chi connectivity index (χ0n) is 16.0. The Bertz CT molecular complexity index is 1160. The molecule has 0 aliphatic carbocycles. The molecule has 3 aromatic rings. The van der Waals surface area contributed by atoms with Crippen molar-refractivity contribution in [2.45, 2.75) is 14.9 Å². The topological polar surface area (TPSA) is 84.3 Å². The number of benzene rings is 2. The first-order valence-electron chi connectivity index (χ1n) is 8.48. The number of imidazole rings is 1. The molecular formula is C19H19ClN4O3S2. The summed E-state index contributed by atoms with van der Waals surface area (Å²) in [5.74, 6) is -0.501. The van der Waals surface area contributed by atoms with Crippen LogP contribution in [-0.2, 0) is 17.1 Å². The smallest absolute Gasteiger partial charge is 0.257 e. The van der Waals surface area contributed by atoms with E-state index in [0.717, 1.165) is 14.4 Å². The number of anilines is 1. The van der Waals surface area contributed by atoms with Gasteiger partial charge in [-0.15, -0.1) is 0 Å². The maximum absolute atomic E-state index is 12.9. The third kappa shape index (κ3) is 4.64. The Kier molecular flexibility index (Phi) is 6.33. The normalized spacial score (nSPS) is 11.6. The highest BCUT2D eigenvalue weighted by atomic mass is 35.5. The molecule has 10 heteroatoms. The van der Waals surface area contributed by atoms with E-state index in [-0.39, 0.29) is 15.5 Å². The van der Waals surface area contributed by atoms with Gasteiger partial charge in [0.05, 0.1) is 21.2 Å². The molecule has 0 radical (unpaired) electrons. The van der Waals surface area contributed by atoms with Gasteiger partial charge in [-0.3, -0.25) is 4.79 Å². The quantitative estimate of drug-likeness (QED) is 0.618. The minimum Gasteiger partial charge on any atom is -0.329 e. The van der Waals surface area contributed by atoms with Crippen LogP contribution in [0.4, 0.5) is 5.69 Å². The van der Waals surface area contributed by atoms with Crippen LogP contribution in [0, 0.1) is 0 Å². The lowest BCUT2D eigenvalue weighted by atomic mass is 10.2. The van der Waals surface area contributed by atoms with Gasteiger partial charge in [-0.05, 0) is 42.1 Å². The van der Waals surface area contributed by atoms with E-state index in [1.165, 1.54) is 44.1 Å². The second kappa shape index (κ2) is 8.58. The van der Waals surface area contributed by atoms with Crippen LogP contribution in [0.25, 0.3) is 0 Å². The van der Waals surface area contributed by atoms with Crippen LogP contribution in [0.3, 0.4) is 0 Å². The standard InChI is InChI=1S/C19H19ClN4O3S2/c1-23(2)29(26,27)13-8-9-15(20)14(12-13)18(25)22-16-6-4-5-7-17(16)28-19-21-10-11-24(19)3/h4-12H,1-3H3,(H,22,25). The number of nitrogens with zero attached hydrogens (tertiary/aromatic N) is 3. The van der Waals surface area contributed by atoms with Gasteiger partial charge >= 0.3 is 0 Å². The van der Waals surface area contributed by atoms with Crippen LogP contribution in [0.15, 0.2) is 69.8 Å². The van der Waals surface area contributed by atoms with Gasteiger partial charge in [-0.25, -0.2) is 17.7 Å². The fourth-order valence-corrected chi connectivity index (χ4v) is 4.47. The number of aromatic nitrogens is 2. The molecule has 3 rings (SSSR count). The summed E-state index contributed by atoms with van der Waals surface area (Å²) in [6.45, 7) is 0. The first-order valence-corrected chi connectivity index (χ1v) is 11.1. The molecule has 0 saturated carbocycles. The lowest BCUT2D eigenvalue weighted by molar-refractivity contribution is 0.102. The predicted octanol–water partition coefficient (Wildman–Crippen LogP) is 3.73. The number of hydrogen-bond donors (Lipinski definition) is 1. The molecule has 0 bridgehead atoms. The number of carbonyl (C=O) groups is 1. The number of aryl methyl sites for hydroxylation is 1. The Hall–Kier alpha value is -2.33. The van der Waals surface area contributed by atoms with Crippen LogP contribution in [0.5, 0.6) is 0 Å². The maximum atomic E-state index is 12.9. The lowest BCUT2D eigenvalue weighted by Gasteiger charge is -2.14. The molecule has 0 aliphatic rings. The molecule has 1 aromatic heterocycles. The van der Waals surface area contributed by atoms with Crippen molar-refractivity contribution in [2.75, 3.05) is 19.4 Å². The summed E-state index contributed by atoms with van der Waals surface area (Å²) in [6.07, 6.45) is 3.53. The van der Waals surface area contributed by atoms with E-state index >= 15 is 0 Å². The lowest BCUT2D eigenvalue weighted by Crippen LogP contribution is -2.23. The highest BCUT2D eigenvalue weighted by molar-refractivity contribution is 7.99. The van der Waals surface area contributed by atoms with Crippen molar-refractivity contribution < 1.29 is 13.2 Å². The fraction of sp³-hybridized carbons (Fsp3) is 0.158. The molecule has 0 atom stereocenters. The summed E-state index contributed by atoms with van der Waals surface area (Å²) < 4.78 is 27.7. The van der Waals surface area contributed by atoms with Crippen LogP contribution >= 0.6 is 23.4 Å². The molecule has 152 valence electrons. The van der Waals surface area contributed by atoms with Crippen molar-refractivity contribution >= 4 is 45.0 Å². The van der Waals surface area contributed by atoms with E-state index in [1.807, 2.05) is 29.9 Å². The Morgan fingerprint density at radius 3 is 2.59 bits per heavy atom. The third-order valence-electron chi connectivity index (χ3n) is 4.07. The Morgan fingerprint density at radius 1 is 1.21 bits per heavy atom. The van der Waals surface area contributed by atoms with Crippen LogP contribution in [0.2, 0.25) is 5.02 Å². The van der Waals surface area contributed by atoms with Crippen LogP contribution in [0.1, 0.15) is 10.4 Å². The second-order valence-corrected chi connectivity index (χ2v) is 9.87. The van der Waals surface area contributed by atoms with Gasteiger partial charge in [0.25, 0.3) is 5.91 Å². The predicted molar refractivity (Wildman–Crippen MR) is 114 cm³/mol. The van der Waals surface area contributed by atoms with E-state index in [1.54, 1.807) is 18.3 Å². The molecule has 2 aromatic carbocycles. The molecule has 29 heavy (non-hydrogen) atoms. The van der Waals surface area contributed by atoms with E-state index < -0.39 is 15.9 Å². The van der Waals surface area contributed by atoms with Crippen molar-refractivity contribution in [3.8, 4) is 0 Å². The molecule has 0 fully saturated rings. The summed E-state index contributed by atoms with van der Waals surface area (Å²) in [5, 5.41) is 3.75. The number of rotatable bonds is 6.